The molecule has 6 nitrogen and oxygen atoms in total. The molecule has 1 heterocycles. The third kappa shape index (κ3) is 3.64. The molecule has 0 saturated carbocycles. The van der Waals surface area contributed by atoms with Gasteiger partial charge in [0.1, 0.15) is 17.3 Å². The van der Waals surface area contributed by atoms with Gasteiger partial charge in [0.25, 0.3) is 11.7 Å². The zero-order valence-corrected chi connectivity index (χ0v) is 17.1. The highest BCUT2D eigenvalue weighted by molar-refractivity contribution is 6.51. The van der Waals surface area contributed by atoms with Crippen LogP contribution in [0.1, 0.15) is 22.7 Å². The van der Waals surface area contributed by atoms with Crippen LogP contribution in [0.5, 0.6) is 11.5 Å². The van der Waals surface area contributed by atoms with E-state index in [1.165, 1.54) is 24.1 Å². The van der Waals surface area contributed by atoms with E-state index >= 15 is 0 Å². The van der Waals surface area contributed by atoms with Gasteiger partial charge in [0.15, 0.2) is 0 Å². The Labute approximate surface area is 179 Å². The summed E-state index contributed by atoms with van der Waals surface area (Å²) >= 11 is 0. The lowest BCUT2D eigenvalue weighted by atomic mass is 9.95. The Hall–Kier alpha value is -4.06. The number of phenols is 1. The van der Waals surface area contributed by atoms with Gasteiger partial charge in [-0.15, -0.1) is 0 Å². The third-order valence-corrected chi connectivity index (χ3v) is 5.30. The highest BCUT2D eigenvalue weighted by Gasteiger charge is 2.46. The number of anilines is 1. The number of rotatable bonds is 4. The van der Waals surface area contributed by atoms with E-state index in [9.17, 15) is 19.8 Å². The molecular formula is C25H21NO5. The van der Waals surface area contributed by atoms with E-state index < -0.39 is 17.7 Å². The average Bonchev–Trinajstić information content (AvgIpc) is 3.04. The quantitative estimate of drug-likeness (QED) is 0.376. The first kappa shape index (κ1) is 20.2. The Balaban J connectivity index is 1.92. The molecule has 1 aliphatic heterocycles. The van der Waals surface area contributed by atoms with E-state index in [1.54, 1.807) is 48.5 Å². The van der Waals surface area contributed by atoms with Crippen molar-refractivity contribution in [2.24, 2.45) is 0 Å². The summed E-state index contributed by atoms with van der Waals surface area (Å²) in [6, 6.07) is 19.3. The normalized spacial score (nSPS) is 17.7. The Bertz CT molecular complexity index is 1180. The topological polar surface area (TPSA) is 87.1 Å². The highest BCUT2D eigenvalue weighted by Crippen LogP contribution is 2.42. The third-order valence-electron chi connectivity index (χ3n) is 5.30. The number of benzene rings is 3. The fraction of sp³-hybridized carbons (Fsp3) is 0.120. The molecule has 2 N–H and O–H groups in total. The van der Waals surface area contributed by atoms with Crippen LogP contribution in [0, 0.1) is 6.92 Å². The second-order valence-corrected chi connectivity index (χ2v) is 7.33. The number of phenolic OH excluding ortho intramolecular Hbond substituents is 1. The maximum absolute atomic E-state index is 13.1. The number of carbonyl (C=O) groups excluding carboxylic acids is 2. The number of ketones is 1. The van der Waals surface area contributed by atoms with Crippen molar-refractivity contribution in [2.75, 3.05) is 12.0 Å². The van der Waals surface area contributed by atoms with E-state index in [4.69, 9.17) is 4.74 Å². The molecule has 1 saturated heterocycles. The van der Waals surface area contributed by atoms with Crippen molar-refractivity contribution in [3.8, 4) is 11.5 Å². The molecule has 4 rings (SSSR count). The predicted octanol–water partition coefficient (Wildman–Crippen LogP) is 4.34. The Morgan fingerprint density at radius 1 is 0.968 bits per heavy atom. The van der Waals surface area contributed by atoms with Gasteiger partial charge >= 0.3 is 0 Å². The predicted molar refractivity (Wildman–Crippen MR) is 117 cm³/mol. The molecule has 31 heavy (non-hydrogen) atoms. The number of amides is 1. The number of hydrogen-bond donors (Lipinski definition) is 2. The molecule has 6 heteroatoms. The molecule has 1 unspecified atom stereocenters. The smallest absolute Gasteiger partial charge is 0.300 e. The van der Waals surface area contributed by atoms with Crippen LogP contribution in [0.25, 0.3) is 5.76 Å². The minimum Gasteiger partial charge on any atom is -0.508 e. The zero-order chi connectivity index (χ0) is 22.1. The molecule has 0 spiro atoms. The summed E-state index contributed by atoms with van der Waals surface area (Å²) in [5, 5.41) is 20.8. The summed E-state index contributed by atoms with van der Waals surface area (Å²) in [6.07, 6.45) is 0. The number of hydrogen-bond acceptors (Lipinski definition) is 5. The maximum atomic E-state index is 13.1. The molecule has 0 bridgehead atoms. The first-order chi connectivity index (χ1) is 14.9. The van der Waals surface area contributed by atoms with Gasteiger partial charge < -0.3 is 14.9 Å². The molecule has 3 aromatic rings. The summed E-state index contributed by atoms with van der Waals surface area (Å²) in [4.78, 5) is 27.5. The number of aliphatic hydroxyl groups excluding tert-OH is 1. The van der Waals surface area contributed by atoms with Gasteiger partial charge in [-0.1, -0.05) is 24.3 Å². The van der Waals surface area contributed by atoms with Crippen LogP contribution in [-0.4, -0.2) is 29.0 Å². The first-order valence-electron chi connectivity index (χ1n) is 9.71. The molecule has 0 aliphatic carbocycles. The van der Waals surface area contributed by atoms with Crippen molar-refractivity contribution in [3.63, 3.8) is 0 Å². The van der Waals surface area contributed by atoms with Gasteiger partial charge in [0, 0.05) is 11.3 Å². The number of aryl methyl sites for hydroxylation is 1. The van der Waals surface area contributed by atoms with Crippen LogP contribution < -0.4 is 9.64 Å². The number of ether oxygens (including phenoxy) is 1. The lowest BCUT2D eigenvalue weighted by Gasteiger charge is -2.25. The van der Waals surface area contributed by atoms with Crippen molar-refractivity contribution in [3.05, 3.63) is 95.1 Å². The molecular weight excluding hydrogens is 394 g/mol. The molecule has 1 fully saturated rings. The van der Waals surface area contributed by atoms with E-state index in [0.29, 0.717) is 22.6 Å². The monoisotopic (exact) mass is 415 g/mol. The number of Topliss-reactive ketones (excluding diaryl/α,β-unsaturated/α-hetero) is 1. The summed E-state index contributed by atoms with van der Waals surface area (Å²) < 4.78 is 5.15. The molecule has 0 radical (unpaired) electrons. The molecule has 3 aromatic carbocycles. The number of aliphatic hydroxyl groups is 1. The minimum absolute atomic E-state index is 0.0117. The number of methoxy groups -OCH3 is 1. The molecule has 1 amide bonds. The first-order valence-corrected chi connectivity index (χ1v) is 9.71. The largest absolute Gasteiger partial charge is 0.508 e. The van der Waals surface area contributed by atoms with Crippen molar-refractivity contribution in [2.45, 2.75) is 13.0 Å². The number of nitrogens with zero attached hydrogens (tertiary/aromatic N) is 1. The zero-order valence-electron chi connectivity index (χ0n) is 17.1. The lowest BCUT2D eigenvalue weighted by molar-refractivity contribution is -0.132. The number of carbonyl (C=O) groups is 2. The summed E-state index contributed by atoms with van der Waals surface area (Å²) in [5.41, 5.74) is 2.45. The fourth-order valence-electron chi connectivity index (χ4n) is 3.75. The van der Waals surface area contributed by atoms with Crippen molar-refractivity contribution >= 4 is 23.1 Å². The fourth-order valence-corrected chi connectivity index (χ4v) is 3.75. The van der Waals surface area contributed by atoms with E-state index in [-0.39, 0.29) is 17.1 Å². The highest BCUT2D eigenvalue weighted by atomic mass is 16.5. The number of aromatic hydroxyl groups is 1. The van der Waals surface area contributed by atoms with Gasteiger partial charge in [0.05, 0.1) is 18.7 Å². The van der Waals surface area contributed by atoms with E-state index in [2.05, 4.69) is 0 Å². The van der Waals surface area contributed by atoms with Gasteiger partial charge in [-0.25, -0.2) is 0 Å². The van der Waals surface area contributed by atoms with Gasteiger partial charge in [-0.2, -0.15) is 0 Å². The molecule has 156 valence electrons. The molecule has 1 aliphatic rings. The summed E-state index contributed by atoms with van der Waals surface area (Å²) in [6.45, 7) is 1.90. The van der Waals surface area contributed by atoms with Crippen LogP contribution in [-0.2, 0) is 9.59 Å². The van der Waals surface area contributed by atoms with Crippen molar-refractivity contribution in [1.82, 2.24) is 0 Å². The molecule has 0 aromatic heterocycles. The van der Waals surface area contributed by atoms with Crippen molar-refractivity contribution in [1.29, 1.82) is 0 Å². The standard InChI is InChI=1S/C25H21NO5/c1-15-4-3-5-18(14-15)26-22(16-6-10-19(27)11-7-16)21(24(29)25(26)30)23(28)17-8-12-20(31-2)13-9-17/h3-14,22,27-28H,1-2H3/b23-21+. The second kappa shape index (κ2) is 7.99. The van der Waals surface area contributed by atoms with Crippen molar-refractivity contribution < 1.29 is 24.5 Å². The van der Waals surface area contributed by atoms with Crippen LogP contribution in [0.3, 0.4) is 0 Å². The van der Waals surface area contributed by atoms with E-state index in [1.807, 2.05) is 19.1 Å². The van der Waals surface area contributed by atoms with Crippen LogP contribution in [0.4, 0.5) is 5.69 Å². The minimum atomic E-state index is -0.843. The van der Waals surface area contributed by atoms with Crippen LogP contribution >= 0.6 is 0 Å². The SMILES string of the molecule is COc1ccc(/C(O)=C2\C(=O)C(=O)N(c3cccc(C)c3)C2c2ccc(O)cc2)cc1. The summed E-state index contributed by atoms with van der Waals surface area (Å²) in [7, 11) is 1.53. The molecule has 1 atom stereocenters. The average molecular weight is 415 g/mol. The van der Waals surface area contributed by atoms with Gasteiger partial charge in [0.2, 0.25) is 0 Å². The lowest BCUT2D eigenvalue weighted by Crippen LogP contribution is -2.29. The Morgan fingerprint density at radius 2 is 1.65 bits per heavy atom. The Morgan fingerprint density at radius 3 is 2.26 bits per heavy atom. The van der Waals surface area contributed by atoms with Gasteiger partial charge in [-0.05, 0) is 66.6 Å². The van der Waals surface area contributed by atoms with E-state index in [0.717, 1.165) is 5.56 Å². The van der Waals surface area contributed by atoms with Crippen LogP contribution in [0.2, 0.25) is 0 Å². The summed E-state index contributed by atoms with van der Waals surface area (Å²) in [5.74, 6) is -1.10. The second-order valence-electron chi connectivity index (χ2n) is 7.33. The van der Waals surface area contributed by atoms with Gasteiger partial charge in [-0.3, -0.25) is 14.5 Å². The van der Waals surface area contributed by atoms with Crippen LogP contribution in [0.15, 0.2) is 78.4 Å². The Kier molecular flexibility index (Phi) is 5.21. The maximum Gasteiger partial charge on any atom is 0.300 e.